The van der Waals surface area contributed by atoms with E-state index in [-0.39, 0.29) is 0 Å². The first kappa shape index (κ1) is 11.5. The minimum Gasteiger partial charge on any atom is -0.0988 e. The lowest BCUT2D eigenvalue weighted by Crippen LogP contribution is -1.84. The molecule has 0 N–H and O–H groups in total. The Bertz CT molecular complexity index is 394. The SMILES string of the molecule is C=C/C(=C\c1cc(C)ccc1C=C)CC. The van der Waals surface area contributed by atoms with Crippen molar-refractivity contribution in [2.24, 2.45) is 0 Å². The Kier molecular flexibility index (Phi) is 4.11. The van der Waals surface area contributed by atoms with Crippen molar-refractivity contribution in [3.05, 3.63) is 59.7 Å². The second-order valence-electron chi connectivity index (χ2n) is 3.61. The van der Waals surface area contributed by atoms with Crippen molar-refractivity contribution >= 4 is 12.2 Å². The number of benzene rings is 1. The summed E-state index contributed by atoms with van der Waals surface area (Å²) in [7, 11) is 0. The van der Waals surface area contributed by atoms with Crippen molar-refractivity contribution in [2.75, 3.05) is 0 Å². The van der Waals surface area contributed by atoms with Crippen LogP contribution in [0.2, 0.25) is 0 Å². The average molecular weight is 198 g/mol. The van der Waals surface area contributed by atoms with E-state index in [1.54, 1.807) is 0 Å². The lowest BCUT2D eigenvalue weighted by molar-refractivity contribution is 1.16. The Morgan fingerprint density at radius 2 is 2.00 bits per heavy atom. The minimum absolute atomic E-state index is 1.01. The van der Waals surface area contributed by atoms with Crippen molar-refractivity contribution in [2.45, 2.75) is 20.3 Å². The summed E-state index contributed by atoms with van der Waals surface area (Å²) >= 11 is 0. The van der Waals surface area contributed by atoms with Crippen molar-refractivity contribution in [3.63, 3.8) is 0 Å². The van der Waals surface area contributed by atoms with Gasteiger partial charge in [0.05, 0.1) is 0 Å². The predicted molar refractivity (Wildman–Crippen MR) is 69.7 cm³/mol. The maximum atomic E-state index is 3.83. The van der Waals surface area contributed by atoms with Gasteiger partial charge in [0.2, 0.25) is 0 Å². The van der Waals surface area contributed by atoms with E-state index in [4.69, 9.17) is 0 Å². The van der Waals surface area contributed by atoms with Crippen LogP contribution >= 0.6 is 0 Å². The monoisotopic (exact) mass is 198 g/mol. The van der Waals surface area contributed by atoms with E-state index in [0.29, 0.717) is 0 Å². The molecule has 0 aromatic heterocycles. The standard InChI is InChI=1S/C15H18/c1-5-13(6-2)11-15-10-12(4)8-9-14(15)7-3/h5,7-11H,1,3,6H2,2,4H3/b13-11+. The quantitative estimate of drug-likeness (QED) is 0.619. The van der Waals surface area contributed by atoms with E-state index in [1.165, 1.54) is 22.3 Å². The third kappa shape index (κ3) is 2.95. The zero-order valence-corrected chi connectivity index (χ0v) is 9.59. The summed E-state index contributed by atoms with van der Waals surface area (Å²) in [5.41, 5.74) is 4.92. The first-order chi connectivity index (χ1) is 7.21. The Hall–Kier alpha value is -1.56. The summed E-state index contributed by atoms with van der Waals surface area (Å²) in [6.45, 7) is 11.9. The second-order valence-corrected chi connectivity index (χ2v) is 3.61. The average Bonchev–Trinajstić information content (AvgIpc) is 2.26. The third-order valence-corrected chi connectivity index (χ3v) is 2.47. The first-order valence-electron chi connectivity index (χ1n) is 5.27. The molecule has 1 aromatic rings. The third-order valence-electron chi connectivity index (χ3n) is 2.47. The molecule has 0 atom stereocenters. The van der Waals surface area contributed by atoms with E-state index in [0.717, 1.165) is 6.42 Å². The van der Waals surface area contributed by atoms with Crippen molar-refractivity contribution in [3.8, 4) is 0 Å². The van der Waals surface area contributed by atoms with Crippen LogP contribution in [0.5, 0.6) is 0 Å². The van der Waals surface area contributed by atoms with Crippen LogP contribution in [0, 0.1) is 6.92 Å². The molecular formula is C15H18. The van der Waals surface area contributed by atoms with E-state index >= 15 is 0 Å². The zero-order chi connectivity index (χ0) is 11.3. The van der Waals surface area contributed by atoms with Crippen LogP contribution in [-0.2, 0) is 0 Å². The molecule has 0 saturated carbocycles. The highest BCUT2D eigenvalue weighted by Gasteiger charge is 1.97. The smallest absolute Gasteiger partial charge is 0.0179 e. The summed E-state index contributed by atoms with van der Waals surface area (Å²) in [6, 6.07) is 6.38. The van der Waals surface area contributed by atoms with Gasteiger partial charge in [-0.25, -0.2) is 0 Å². The van der Waals surface area contributed by atoms with Gasteiger partial charge in [0.25, 0.3) is 0 Å². The summed E-state index contributed by atoms with van der Waals surface area (Å²) in [4.78, 5) is 0. The van der Waals surface area contributed by atoms with E-state index in [1.807, 2.05) is 12.2 Å². The zero-order valence-electron chi connectivity index (χ0n) is 9.59. The minimum atomic E-state index is 1.01. The van der Waals surface area contributed by atoms with Crippen molar-refractivity contribution in [1.29, 1.82) is 0 Å². The summed E-state index contributed by atoms with van der Waals surface area (Å²) in [5, 5.41) is 0. The van der Waals surface area contributed by atoms with Gasteiger partial charge in [0.1, 0.15) is 0 Å². The Labute approximate surface area is 92.6 Å². The molecule has 0 saturated heterocycles. The lowest BCUT2D eigenvalue weighted by atomic mass is 10.0. The van der Waals surface area contributed by atoms with Crippen molar-refractivity contribution in [1.82, 2.24) is 0 Å². The van der Waals surface area contributed by atoms with Gasteiger partial charge < -0.3 is 0 Å². The van der Waals surface area contributed by atoms with Crippen LogP contribution in [0.25, 0.3) is 12.2 Å². The Morgan fingerprint density at radius 1 is 1.27 bits per heavy atom. The van der Waals surface area contributed by atoms with Crippen LogP contribution in [0.15, 0.2) is 43.0 Å². The molecule has 0 heteroatoms. The molecule has 0 amide bonds. The molecule has 0 unspecified atom stereocenters. The van der Waals surface area contributed by atoms with Crippen LogP contribution in [0.3, 0.4) is 0 Å². The molecule has 1 aromatic carbocycles. The van der Waals surface area contributed by atoms with Gasteiger partial charge in [-0.05, 0) is 30.0 Å². The summed E-state index contributed by atoms with van der Waals surface area (Å²) in [6.07, 6.45) is 6.99. The van der Waals surface area contributed by atoms with E-state index in [9.17, 15) is 0 Å². The molecule has 0 bridgehead atoms. The molecule has 0 heterocycles. The van der Waals surface area contributed by atoms with Crippen LogP contribution < -0.4 is 0 Å². The molecule has 0 aliphatic carbocycles. The maximum Gasteiger partial charge on any atom is -0.0179 e. The van der Waals surface area contributed by atoms with Gasteiger partial charge >= 0.3 is 0 Å². The van der Waals surface area contributed by atoms with Gasteiger partial charge in [0, 0.05) is 0 Å². The van der Waals surface area contributed by atoms with Gasteiger partial charge in [-0.3, -0.25) is 0 Å². The van der Waals surface area contributed by atoms with Crippen LogP contribution in [0.1, 0.15) is 30.0 Å². The number of hydrogen-bond acceptors (Lipinski definition) is 0. The molecule has 15 heavy (non-hydrogen) atoms. The van der Waals surface area contributed by atoms with Gasteiger partial charge in [-0.15, -0.1) is 0 Å². The number of allylic oxidation sites excluding steroid dienone is 2. The number of rotatable bonds is 4. The Balaban J connectivity index is 3.22. The van der Waals surface area contributed by atoms with E-state index < -0.39 is 0 Å². The van der Waals surface area contributed by atoms with Gasteiger partial charge in [-0.2, -0.15) is 0 Å². The van der Waals surface area contributed by atoms with Crippen molar-refractivity contribution < 1.29 is 0 Å². The molecule has 0 aliphatic heterocycles. The lowest BCUT2D eigenvalue weighted by Gasteiger charge is -2.04. The molecule has 0 radical (unpaired) electrons. The van der Waals surface area contributed by atoms with E-state index in [2.05, 4.69) is 51.3 Å². The summed E-state index contributed by atoms with van der Waals surface area (Å²) < 4.78 is 0. The predicted octanol–water partition coefficient (Wildman–Crippen LogP) is 4.62. The molecule has 0 aliphatic rings. The maximum absolute atomic E-state index is 3.83. The molecule has 1 rings (SSSR count). The molecular weight excluding hydrogens is 180 g/mol. The molecule has 78 valence electrons. The fraction of sp³-hybridized carbons (Fsp3) is 0.200. The summed E-state index contributed by atoms with van der Waals surface area (Å²) in [5.74, 6) is 0. The number of aryl methyl sites for hydroxylation is 1. The normalized spacial score (nSPS) is 11.2. The fourth-order valence-electron chi connectivity index (χ4n) is 1.51. The topological polar surface area (TPSA) is 0 Å². The highest BCUT2D eigenvalue weighted by molar-refractivity contribution is 5.67. The molecule has 0 nitrogen and oxygen atoms in total. The fourth-order valence-corrected chi connectivity index (χ4v) is 1.51. The van der Waals surface area contributed by atoms with Gasteiger partial charge in [0.15, 0.2) is 0 Å². The molecule has 0 spiro atoms. The second kappa shape index (κ2) is 5.35. The van der Waals surface area contributed by atoms with Crippen LogP contribution in [-0.4, -0.2) is 0 Å². The van der Waals surface area contributed by atoms with Gasteiger partial charge in [-0.1, -0.05) is 62.1 Å². The first-order valence-corrected chi connectivity index (χ1v) is 5.27. The van der Waals surface area contributed by atoms with Crippen LogP contribution in [0.4, 0.5) is 0 Å². The highest BCUT2D eigenvalue weighted by Crippen LogP contribution is 2.18. The Morgan fingerprint density at radius 3 is 2.53 bits per heavy atom. The molecule has 0 fully saturated rings. The largest absolute Gasteiger partial charge is 0.0988 e. The highest BCUT2D eigenvalue weighted by atomic mass is 14.0. The number of hydrogen-bond donors (Lipinski definition) is 0.